The van der Waals surface area contributed by atoms with E-state index in [9.17, 15) is 9.59 Å². The summed E-state index contributed by atoms with van der Waals surface area (Å²) in [4.78, 5) is 22.6. The minimum atomic E-state index is -1.01. The number of aromatic carboxylic acids is 1. The number of hydrogen-bond donors (Lipinski definition) is 2. The van der Waals surface area contributed by atoms with Crippen molar-refractivity contribution in [2.24, 2.45) is 0 Å². The van der Waals surface area contributed by atoms with Crippen LogP contribution >= 0.6 is 11.6 Å². The van der Waals surface area contributed by atoms with Crippen LogP contribution in [0.2, 0.25) is 5.02 Å². The molecule has 0 heterocycles. The van der Waals surface area contributed by atoms with E-state index in [-0.39, 0.29) is 18.1 Å². The van der Waals surface area contributed by atoms with E-state index in [2.05, 4.69) is 5.32 Å². The molecular weight excluding hydrogens is 318 g/mol. The Balaban J connectivity index is 1.93. The summed E-state index contributed by atoms with van der Waals surface area (Å²) in [6.45, 7) is 3.58. The maximum Gasteiger partial charge on any atom is 0.335 e. The van der Waals surface area contributed by atoms with Crippen LogP contribution in [0.5, 0.6) is 5.75 Å². The molecule has 0 spiro atoms. The summed E-state index contributed by atoms with van der Waals surface area (Å²) in [6.07, 6.45) is 0. The molecule has 23 heavy (non-hydrogen) atoms. The number of benzene rings is 2. The van der Waals surface area contributed by atoms with Crippen LogP contribution in [-0.4, -0.2) is 23.6 Å². The molecule has 2 aromatic carbocycles. The fourth-order valence-corrected chi connectivity index (χ4v) is 2.14. The van der Waals surface area contributed by atoms with Crippen LogP contribution in [0, 0.1) is 13.8 Å². The largest absolute Gasteiger partial charge is 0.484 e. The number of aryl methyl sites for hydroxylation is 2. The predicted molar refractivity (Wildman–Crippen MR) is 88.5 cm³/mol. The standard InChI is InChI=1S/C17H16ClNO4/c1-10-7-14(8-11(2)16(10)18)23-9-15(20)19-13-5-3-12(4-6-13)17(21)22/h3-8H,9H2,1-2H3,(H,19,20)(H,21,22). The first-order valence-corrected chi connectivity index (χ1v) is 7.27. The number of nitrogens with one attached hydrogen (secondary N) is 1. The molecule has 0 aliphatic heterocycles. The number of rotatable bonds is 5. The van der Waals surface area contributed by atoms with Gasteiger partial charge in [0, 0.05) is 10.7 Å². The lowest BCUT2D eigenvalue weighted by Crippen LogP contribution is -2.20. The zero-order valence-corrected chi connectivity index (χ0v) is 13.5. The van der Waals surface area contributed by atoms with E-state index in [0.717, 1.165) is 11.1 Å². The van der Waals surface area contributed by atoms with E-state index in [1.807, 2.05) is 13.8 Å². The van der Waals surface area contributed by atoms with Crippen LogP contribution in [0.1, 0.15) is 21.5 Å². The molecule has 2 rings (SSSR count). The lowest BCUT2D eigenvalue weighted by Gasteiger charge is -2.10. The van der Waals surface area contributed by atoms with Crippen molar-refractivity contribution in [3.8, 4) is 5.75 Å². The Morgan fingerprint density at radius 2 is 1.70 bits per heavy atom. The van der Waals surface area contributed by atoms with Gasteiger partial charge >= 0.3 is 5.97 Å². The van der Waals surface area contributed by atoms with Gasteiger partial charge in [0.25, 0.3) is 5.91 Å². The first kappa shape index (κ1) is 16.8. The lowest BCUT2D eigenvalue weighted by atomic mass is 10.1. The van der Waals surface area contributed by atoms with Crippen LogP contribution < -0.4 is 10.1 Å². The van der Waals surface area contributed by atoms with Crippen molar-refractivity contribution < 1.29 is 19.4 Å². The Hall–Kier alpha value is -2.53. The number of anilines is 1. The fraction of sp³-hybridized carbons (Fsp3) is 0.176. The summed E-state index contributed by atoms with van der Waals surface area (Å²) in [6, 6.07) is 9.43. The second-order valence-corrected chi connectivity index (χ2v) is 5.47. The molecule has 0 saturated carbocycles. The molecule has 0 unspecified atom stereocenters. The Morgan fingerprint density at radius 3 is 2.22 bits per heavy atom. The SMILES string of the molecule is Cc1cc(OCC(=O)Nc2ccc(C(=O)O)cc2)cc(C)c1Cl. The van der Waals surface area contributed by atoms with Crippen LogP contribution in [0.3, 0.4) is 0 Å². The van der Waals surface area contributed by atoms with Crippen molar-refractivity contribution in [1.29, 1.82) is 0 Å². The third-order valence-corrected chi connectivity index (χ3v) is 3.79. The summed E-state index contributed by atoms with van der Waals surface area (Å²) < 4.78 is 5.45. The highest BCUT2D eigenvalue weighted by Crippen LogP contribution is 2.25. The smallest absolute Gasteiger partial charge is 0.335 e. The van der Waals surface area contributed by atoms with E-state index >= 15 is 0 Å². The molecule has 0 aliphatic rings. The van der Waals surface area contributed by atoms with Crippen molar-refractivity contribution in [2.75, 3.05) is 11.9 Å². The predicted octanol–water partition coefficient (Wildman–Crippen LogP) is 3.67. The third-order valence-electron chi connectivity index (χ3n) is 3.20. The molecule has 2 aromatic rings. The summed E-state index contributed by atoms with van der Waals surface area (Å²) >= 11 is 6.08. The zero-order chi connectivity index (χ0) is 17.0. The molecule has 2 N–H and O–H groups in total. The molecule has 120 valence electrons. The number of ether oxygens (including phenoxy) is 1. The Kier molecular flexibility index (Phi) is 5.24. The van der Waals surface area contributed by atoms with E-state index in [1.165, 1.54) is 24.3 Å². The van der Waals surface area contributed by atoms with Gasteiger partial charge in [-0.15, -0.1) is 0 Å². The van der Waals surface area contributed by atoms with Crippen LogP contribution in [0.15, 0.2) is 36.4 Å². The Labute approximate surface area is 138 Å². The van der Waals surface area contributed by atoms with Gasteiger partial charge < -0.3 is 15.2 Å². The van der Waals surface area contributed by atoms with Crippen LogP contribution in [-0.2, 0) is 4.79 Å². The van der Waals surface area contributed by atoms with Crippen LogP contribution in [0.4, 0.5) is 5.69 Å². The molecule has 5 nitrogen and oxygen atoms in total. The second-order valence-electron chi connectivity index (χ2n) is 5.09. The number of carbonyl (C=O) groups is 2. The Morgan fingerprint density at radius 1 is 1.13 bits per heavy atom. The lowest BCUT2D eigenvalue weighted by molar-refractivity contribution is -0.118. The Bertz CT molecular complexity index is 718. The van der Waals surface area contributed by atoms with Gasteiger partial charge in [-0.2, -0.15) is 0 Å². The molecule has 0 aromatic heterocycles. The van der Waals surface area contributed by atoms with E-state index in [4.69, 9.17) is 21.4 Å². The topological polar surface area (TPSA) is 75.6 Å². The van der Waals surface area contributed by atoms with Gasteiger partial charge in [-0.3, -0.25) is 4.79 Å². The molecule has 6 heteroatoms. The molecule has 0 radical (unpaired) electrons. The highest BCUT2D eigenvalue weighted by Gasteiger charge is 2.08. The molecular formula is C17H16ClNO4. The maximum atomic E-state index is 11.9. The molecule has 1 amide bonds. The van der Waals surface area contributed by atoms with Crippen molar-refractivity contribution in [2.45, 2.75) is 13.8 Å². The number of carbonyl (C=O) groups excluding carboxylic acids is 1. The number of halogens is 1. The zero-order valence-electron chi connectivity index (χ0n) is 12.7. The molecule has 0 aliphatic carbocycles. The van der Waals surface area contributed by atoms with Crippen molar-refractivity contribution >= 4 is 29.2 Å². The summed E-state index contributed by atoms with van der Waals surface area (Å²) in [5, 5.41) is 12.1. The summed E-state index contributed by atoms with van der Waals surface area (Å²) in [5.74, 6) is -0.779. The maximum absolute atomic E-state index is 11.9. The van der Waals surface area contributed by atoms with Crippen molar-refractivity contribution in [1.82, 2.24) is 0 Å². The van der Waals surface area contributed by atoms with Crippen molar-refractivity contribution in [3.63, 3.8) is 0 Å². The van der Waals surface area contributed by atoms with E-state index in [1.54, 1.807) is 12.1 Å². The molecule has 0 fully saturated rings. The van der Waals surface area contributed by atoms with Gasteiger partial charge in [0.1, 0.15) is 5.75 Å². The number of carboxylic acids is 1. The summed E-state index contributed by atoms with van der Waals surface area (Å²) in [5.41, 5.74) is 2.43. The second kappa shape index (κ2) is 7.15. The quantitative estimate of drug-likeness (QED) is 0.875. The van der Waals surface area contributed by atoms with Gasteiger partial charge in [0.2, 0.25) is 0 Å². The average Bonchev–Trinajstić information content (AvgIpc) is 2.51. The van der Waals surface area contributed by atoms with E-state index in [0.29, 0.717) is 16.5 Å². The van der Waals surface area contributed by atoms with Gasteiger partial charge in [0.15, 0.2) is 6.61 Å². The van der Waals surface area contributed by atoms with Gasteiger partial charge in [0.05, 0.1) is 5.56 Å². The highest BCUT2D eigenvalue weighted by molar-refractivity contribution is 6.32. The minimum absolute atomic E-state index is 0.152. The normalized spacial score (nSPS) is 10.2. The van der Waals surface area contributed by atoms with Gasteiger partial charge in [-0.25, -0.2) is 4.79 Å². The third kappa shape index (κ3) is 4.47. The monoisotopic (exact) mass is 333 g/mol. The first-order chi connectivity index (χ1) is 10.9. The average molecular weight is 334 g/mol. The van der Waals surface area contributed by atoms with Crippen molar-refractivity contribution in [3.05, 3.63) is 58.1 Å². The fourth-order valence-electron chi connectivity index (χ4n) is 2.03. The number of carboxylic acid groups (broad SMARTS) is 1. The number of amides is 1. The highest BCUT2D eigenvalue weighted by atomic mass is 35.5. The molecule has 0 bridgehead atoms. The van der Waals surface area contributed by atoms with Gasteiger partial charge in [-0.05, 0) is 61.4 Å². The number of hydrogen-bond acceptors (Lipinski definition) is 3. The van der Waals surface area contributed by atoms with Crippen LogP contribution in [0.25, 0.3) is 0 Å². The minimum Gasteiger partial charge on any atom is -0.484 e. The first-order valence-electron chi connectivity index (χ1n) is 6.89. The van der Waals surface area contributed by atoms with Gasteiger partial charge in [-0.1, -0.05) is 11.6 Å². The van der Waals surface area contributed by atoms with E-state index < -0.39 is 5.97 Å². The summed E-state index contributed by atoms with van der Waals surface area (Å²) in [7, 11) is 0. The molecule has 0 atom stereocenters. The molecule has 0 saturated heterocycles.